The summed E-state index contributed by atoms with van der Waals surface area (Å²) in [4.78, 5) is 2.51. The van der Waals surface area contributed by atoms with Gasteiger partial charge < -0.3 is 10.0 Å². The van der Waals surface area contributed by atoms with E-state index >= 15 is 0 Å². The summed E-state index contributed by atoms with van der Waals surface area (Å²) in [5, 5.41) is 11.1. The third kappa shape index (κ3) is 2.15. The van der Waals surface area contributed by atoms with Crippen LogP contribution in [0.25, 0.3) is 0 Å². The minimum absolute atomic E-state index is 0.316. The van der Waals surface area contributed by atoms with E-state index in [-0.39, 0.29) is 5.60 Å². The molecule has 3 aliphatic rings. The Morgan fingerprint density at radius 2 is 2.06 bits per heavy atom. The van der Waals surface area contributed by atoms with E-state index in [0.717, 1.165) is 37.8 Å². The number of fused-ring (bicyclic) bond motifs is 2. The Hall–Kier alpha value is -0.0800. The average molecular weight is 237 g/mol. The molecule has 4 atom stereocenters. The van der Waals surface area contributed by atoms with Crippen molar-refractivity contribution in [3.8, 4) is 0 Å². The van der Waals surface area contributed by atoms with Crippen molar-refractivity contribution in [2.75, 3.05) is 19.6 Å². The average Bonchev–Trinajstić information content (AvgIpc) is 2.91. The first-order chi connectivity index (χ1) is 8.21. The van der Waals surface area contributed by atoms with Crippen LogP contribution in [0.1, 0.15) is 51.9 Å². The van der Waals surface area contributed by atoms with E-state index in [1.807, 2.05) is 0 Å². The minimum Gasteiger partial charge on any atom is -0.390 e. The molecule has 1 N–H and O–H groups in total. The maximum absolute atomic E-state index is 11.1. The standard InChI is InChI=1S/C15H27NO/c1-2-16-8-3-6-15(17,7-9-16)14-11-12-4-5-13(14)10-12/h12-14,17H,2-11H2,1H3. The zero-order valence-corrected chi connectivity index (χ0v) is 11.2. The van der Waals surface area contributed by atoms with Crippen LogP contribution in [0.4, 0.5) is 0 Å². The van der Waals surface area contributed by atoms with Crippen molar-refractivity contribution in [1.82, 2.24) is 4.90 Å². The molecule has 2 bridgehead atoms. The van der Waals surface area contributed by atoms with E-state index in [1.165, 1.54) is 38.6 Å². The van der Waals surface area contributed by atoms with Gasteiger partial charge in [-0.1, -0.05) is 13.3 Å². The second kappa shape index (κ2) is 4.55. The fourth-order valence-corrected chi connectivity index (χ4v) is 4.79. The van der Waals surface area contributed by atoms with E-state index in [4.69, 9.17) is 0 Å². The Morgan fingerprint density at radius 3 is 2.71 bits per heavy atom. The molecule has 0 aromatic carbocycles. The molecule has 0 aromatic rings. The Kier molecular flexibility index (Phi) is 3.20. The molecule has 2 heteroatoms. The number of rotatable bonds is 2. The SMILES string of the molecule is CCN1CCCC(O)(C2CC3CCC2C3)CC1. The van der Waals surface area contributed by atoms with Crippen molar-refractivity contribution in [2.45, 2.75) is 57.5 Å². The lowest BCUT2D eigenvalue weighted by molar-refractivity contribution is -0.0516. The van der Waals surface area contributed by atoms with E-state index in [0.29, 0.717) is 5.92 Å². The van der Waals surface area contributed by atoms with Gasteiger partial charge in [0, 0.05) is 6.54 Å². The highest BCUT2D eigenvalue weighted by Crippen LogP contribution is 2.54. The first kappa shape index (κ1) is 12.0. The van der Waals surface area contributed by atoms with Gasteiger partial charge in [0.05, 0.1) is 5.60 Å². The van der Waals surface area contributed by atoms with Crippen LogP contribution in [0, 0.1) is 17.8 Å². The van der Waals surface area contributed by atoms with E-state index in [9.17, 15) is 5.11 Å². The van der Waals surface area contributed by atoms with Crippen LogP contribution < -0.4 is 0 Å². The molecule has 4 unspecified atom stereocenters. The summed E-state index contributed by atoms with van der Waals surface area (Å²) in [5.74, 6) is 2.45. The third-order valence-electron chi connectivity index (χ3n) is 5.82. The van der Waals surface area contributed by atoms with Crippen LogP contribution in [0.5, 0.6) is 0 Å². The maximum Gasteiger partial charge on any atom is 0.0691 e. The lowest BCUT2D eigenvalue weighted by Gasteiger charge is -2.38. The van der Waals surface area contributed by atoms with Gasteiger partial charge in [-0.15, -0.1) is 0 Å². The minimum atomic E-state index is -0.316. The normalized spacial score (nSPS) is 47.3. The molecule has 3 fully saturated rings. The Bertz CT molecular complexity index is 280. The predicted octanol–water partition coefficient (Wildman–Crippen LogP) is 2.66. The van der Waals surface area contributed by atoms with Crippen molar-refractivity contribution >= 4 is 0 Å². The van der Waals surface area contributed by atoms with Gasteiger partial charge in [0.1, 0.15) is 0 Å². The summed E-state index contributed by atoms with van der Waals surface area (Å²) in [6.07, 6.45) is 8.86. The molecule has 2 nitrogen and oxygen atoms in total. The fraction of sp³-hybridized carbons (Fsp3) is 1.00. The number of likely N-dealkylation sites (tertiary alicyclic amines) is 1. The Labute approximate surface area is 105 Å². The zero-order valence-electron chi connectivity index (χ0n) is 11.2. The first-order valence-corrected chi connectivity index (χ1v) is 7.66. The molecular formula is C15H27NO. The van der Waals surface area contributed by atoms with Crippen molar-refractivity contribution in [3.63, 3.8) is 0 Å². The molecule has 1 heterocycles. The van der Waals surface area contributed by atoms with Gasteiger partial charge in [-0.25, -0.2) is 0 Å². The van der Waals surface area contributed by atoms with Gasteiger partial charge in [-0.3, -0.25) is 0 Å². The highest BCUT2D eigenvalue weighted by Gasteiger charge is 2.49. The lowest BCUT2D eigenvalue weighted by Crippen LogP contribution is -2.41. The van der Waals surface area contributed by atoms with E-state index < -0.39 is 0 Å². The predicted molar refractivity (Wildman–Crippen MR) is 69.9 cm³/mol. The molecule has 0 spiro atoms. The molecule has 17 heavy (non-hydrogen) atoms. The molecule has 1 saturated heterocycles. The molecular weight excluding hydrogens is 210 g/mol. The topological polar surface area (TPSA) is 23.5 Å². The van der Waals surface area contributed by atoms with Gasteiger partial charge in [0.2, 0.25) is 0 Å². The van der Waals surface area contributed by atoms with E-state index in [2.05, 4.69) is 11.8 Å². The third-order valence-corrected chi connectivity index (χ3v) is 5.82. The highest BCUT2D eigenvalue weighted by atomic mass is 16.3. The summed E-state index contributed by atoms with van der Waals surface area (Å²) in [7, 11) is 0. The first-order valence-electron chi connectivity index (χ1n) is 7.66. The van der Waals surface area contributed by atoms with E-state index in [1.54, 1.807) is 0 Å². The largest absolute Gasteiger partial charge is 0.390 e. The van der Waals surface area contributed by atoms with Crippen LogP contribution in [0.3, 0.4) is 0 Å². The van der Waals surface area contributed by atoms with Crippen molar-refractivity contribution in [1.29, 1.82) is 0 Å². The van der Waals surface area contributed by atoms with Crippen molar-refractivity contribution in [3.05, 3.63) is 0 Å². The molecule has 0 radical (unpaired) electrons. The van der Waals surface area contributed by atoms with Crippen molar-refractivity contribution < 1.29 is 5.11 Å². The Morgan fingerprint density at radius 1 is 1.18 bits per heavy atom. The van der Waals surface area contributed by atoms with Crippen LogP contribution in [0.15, 0.2) is 0 Å². The Balaban J connectivity index is 1.68. The van der Waals surface area contributed by atoms with Crippen LogP contribution in [-0.4, -0.2) is 35.2 Å². The molecule has 2 saturated carbocycles. The molecule has 0 amide bonds. The number of aliphatic hydroxyl groups is 1. The summed E-state index contributed by atoms with van der Waals surface area (Å²) in [6.45, 7) is 5.69. The summed E-state index contributed by atoms with van der Waals surface area (Å²) in [5.41, 5.74) is -0.316. The zero-order chi connectivity index (χ0) is 11.9. The second-order valence-electron chi connectivity index (χ2n) is 6.67. The highest BCUT2D eigenvalue weighted by molar-refractivity contribution is 5.00. The van der Waals surface area contributed by atoms with Crippen LogP contribution in [-0.2, 0) is 0 Å². The second-order valence-corrected chi connectivity index (χ2v) is 6.67. The van der Waals surface area contributed by atoms with Crippen LogP contribution in [0.2, 0.25) is 0 Å². The fourth-order valence-electron chi connectivity index (χ4n) is 4.79. The van der Waals surface area contributed by atoms with Gasteiger partial charge in [-0.2, -0.15) is 0 Å². The molecule has 0 aromatic heterocycles. The van der Waals surface area contributed by atoms with Gasteiger partial charge in [0.15, 0.2) is 0 Å². The molecule has 2 aliphatic carbocycles. The van der Waals surface area contributed by atoms with Gasteiger partial charge >= 0.3 is 0 Å². The lowest BCUT2D eigenvalue weighted by atomic mass is 9.73. The molecule has 3 rings (SSSR count). The van der Waals surface area contributed by atoms with Gasteiger partial charge in [0.25, 0.3) is 0 Å². The number of hydrogen-bond acceptors (Lipinski definition) is 2. The summed E-state index contributed by atoms with van der Waals surface area (Å²) >= 11 is 0. The summed E-state index contributed by atoms with van der Waals surface area (Å²) in [6, 6.07) is 0. The maximum atomic E-state index is 11.1. The smallest absolute Gasteiger partial charge is 0.0691 e. The van der Waals surface area contributed by atoms with Crippen molar-refractivity contribution in [2.24, 2.45) is 17.8 Å². The molecule has 1 aliphatic heterocycles. The molecule has 98 valence electrons. The monoisotopic (exact) mass is 237 g/mol. The quantitative estimate of drug-likeness (QED) is 0.798. The summed E-state index contributed by atoms with van der Waals surface area (Å²) < 4.78 is 0. The number of nitrogens with zero attached hydrogens (tertiary/aromatic N) is 1. The van der Waals surface area contributed by atoms with Gasteiger partial charge in [-0.05, 0) is 69.4 Å². The number of hydrogen-bond donors (Lipinski definition) is 1. The van der Waals surface area contributed by atoms with Crippen LogP contribution >= 0.6 is 0 Å².